The van der Waals surface area contributed by atoms with Crippen LogP contribution in [0.4, 0.5) is 5.82 Å². The second kappa shape index (κ2) is 14.0. The van der Waals surface area contributed by atoms with E-state index < -0.39 is 21.6 Å². The van der Waals surface area contributed by atoms with Crippen molar-refractivity contribution in [3.05, 3.63) is 82.1 Å². The zero-order valence-electron chi connectivity index (χ0n) is 26.9. The van der Waals surface area contributed by atoms with E-state index in [2.05, 4.69) is 9.88 Å². The Morgan fingerprint density at radius 3 is 2.42 bits per heavy atom. The average Bonchev–Trinajstić information content (AvgIpc) is 3.51. The van der Waals surface area contributed by atoms with E-state index in [0.29, 0.717) is 41.3 Å². The second-order valence-corrected chi connectivity index (χ2v) is 12.9. The Hall–Kier alpha value is -4.00. The summed E-state index contributed by atoms with van der Waals surface area (Å²) in [4.78, 5) is 18.0. The minimum atomic E-state index is -4.04. The van der Waals surface area contributed by atoms with Gasteiger partial charge < -0.3 is 23.7 Å². The van der Waals surface area contributed by atoms with E-state index in [-0.39, 0.29) is 41.9 Å². The van der Waals surface area contributed by atoms with Crippen molar-refractivity contribution in [2.24, 2.45) is 0 Å². The predicted molar refractivity (Wildman–Crippen MR) is 171 cm³/mol. The minimum Gasteiger partial charge on any atom is -0.461 e. The Morgan fingerprint density at radius 2 is 1.80 bits per heavy atom. The Morgan fingerprint density at radius 1 is 1.07 bits per heavy atom. The first kappa shape index (κ1) is 33.9. The molecule has 0 fully saturated rings. The van der Waals surface area contributed by atoms with Crippen molar-refractivity contribution in [1.82, 2.24) is 14.7 Å². The summed E-state index contributed by atoms with van der Waals surface area (Å²) in [6.07, 6.45) is 1.38. The first-order valence-corrected chi connectivity index (χ1v) is 16.5. The maximum absolute atomic E-state index is 13.6. The van der Waals surface area contributed by atoms with Gasteiger partial charge in [0.2, 0.25) is 0 Å². The normalized spacial score (nSPS) is 12.0. The van der Waals surface area contributed by atoms with Crippen LogP contribution in [0.2, 0.25) is 0 Å². The Kier molecular flexibility index (Phi) is 10.5. The molecule has 0 aliphatic rings. The van der Waals surface area contributed by atoms with Crippen LogP contribution in [0.3, 0.4) is 0 Å². The zero-order valence-corrected chi connectivity index (χ0v) is 27.7. The molecule has 2 heterocycles. The number of imidazole rings is 1. The van der Waals surface area contributed by atoms with Crippen molar-refractivity contribution in [3.63, 3.8) is 0 Å². The number of aromatic nitrogens is 3. The van der Waals surface area contributed by atoms with E-state index in [1.807, 2.05) is 32.0 Å². The molecule has 0 saturated carbocycles. The summed E-state index contributed by atoms with van der Waals surface area (Å²) in [6.45, 7) is 13.4. The Bertz CT molecular complexity index is 1770. The van der Waals surface area contributed by atoms with Crippen molar-refractivity contribution < 1.29 is 32.3 Å². The largest absolute Gasteiger partial charge is 0.461 e. The lowest BCUT2D eigenvalue weighted by molar-refractivity contribution is 0.0469. The third-order valence-corrected chi connectivity index (χ3v) is 8.79. The fourth-order valence-corrected chi connectivity index (χ4v) is 6.34. The summed E-state index contributed by atoms with van der Waals surface area (Å²) in [5, 5.41) is 14.8. The van der Waals surface area contributed by atoms with E-state index in [9.17, 15) is 18.3 Å². The number of rotatable bonds is 14. The monoisotopic (exact) mass is 638 g/mol. The number of carbonyl (C=O) groups excluding carboxylic acids is 1. The Labute approximate surface area is 264 Å². The van der Waals surface area contributed by atoms with Gasteiger partial charge in [0.25, 0.3) is 10.0 Å². The summed E-state index contributed by atoms with van der Waals surface area (Å²) < 4.78 is 48.0. The molecule has 0 unspecified atom stereocenters. The first-order chi connectivity index (χ1) is 21.3. The third kappa shape index (κ3) is 7.46. The lowest BCUT2D eigenvalue weighted by atomic mass is 9.97. The number of hydrogen-bond acceptors (Lipinski definition) is 9. The van der Waals surface area contributed by atoms with Crippen molar-refractivity contribution >= 4 is 21.8 Å². The summed E-state index contributed by atoms with van der Waals surface area (Å²) >= 11 is 0. The molecular weight excluding hydrogens is 596 g/mol. The molecule has 0 bridgehead atoms. The number of ether oxygens (including phenoxy) is 2. The molecular formula is C33H42N4O7S. The molecule has 0 radical (unpaired) electrons. The third-order valence-electron chi connectivity index (χ3n) is 7.40. The van der Waals surface area contributed by atoms with Crippen molar-refractivity contribution in [1.29, 1.82) is 0 Å². The highest BCUT2D eigenvalue weighted by Crippen LogP contribution is 2.34. The molecule has 2 aromatic heterocycles. The lowest BCUT2D eigenvalue weighted by Crippen LogP contribution is -2.23. The SMILES string of the molecule is CCCc1nc(C(C)(C)O)c(C(=O)OCC)n1Cc1ccc(-c2ccccc2S(=O)(=O)Nc2noc(C)c2C)c(COCC)c1. The summed E-state index contributed by atoms with van der Waals surface area (Å²) in [5.74, 6) is 0.767. The lowest BCUT2D eigenvalue weighted by Gasteiger charge is -2.19. The van der Waals surface area contributed by atoms with Gasteiger partial charge in [-0.2, -0.15) is 0 Å². The second-order valence-electron chi connectivity index (χ2n) is 11.3. The van der Waals surface area contributed by atoms with Crippen LogP contribution in [0.1, 0.15) is 85.5 Å². The van der Waals surface area contributed by atoms with Gasteiger partial charge in [0.05, 0.1) is 18.1 Å². The maximum Gasteiger partial charge on any atom is 0.357 e. The molecule has 0 saturated heterocycles. The van der Waals surface area contributed by atoms with Crippen LogP contribution in [-0.2, 0) is 44.7 Å². The first-order valence-electron chi connectivity index (χ1n) is 15.1. The number of aryl methyl sites for hydroxylation is 2. The van der Waals surface area contributed by atoms with E-state index in [1.54, 1.807) is 63.5 Å². The Balaban J connectivity index is 1.82. The molecule has 0 amide bonds. The van der Waals surface area contributed by atoms with Gasteiger partial charge in [-0.25, -0.2) is 18.2 Å². The molecule has 2 aromatic carbocycles. The number of hydrogen-bond donors (Lipinski definition) is 2. The number of nitrogens with one attached hydrogen (secondary N) is 1. The topological polar surface area (TPSA) is 146 Å². The molecule has 0 aliphatic heterocycles. The van der Waals surface area contributed by atoms with Crippen LogP contribution in [0.5, 0.6) is 0 Å². The summed E-state index contributed by atoms with van der Waals surface area (Å²) in [6, 6.07) is 12.4. The fraction of sp³-hybridized carbons (Fsp3) is 0.424. The molecule has 4 rings (SSSR count). The number of esters is 1. The molecule has 242 valence electrons. The summed E-state index contributed by atoms with van der Waals surface area (Å²) in [5.41, 5.74) is 2.49. The highest BCUT2D eigenvalue weighted by molar-refractivity contribution is 7.92. The molecule has 4 aromatic rings. The molecule has 2 N–H and O–H groups in total. The van der Waals surface area contributed by atoms with Crippen LogP contribution in [0.25, 0.3) is 11.1 Å². The molecule has 0 atom stereocenters. The predicted octanol–water partition coefficient (Wildman–Crippen LogP) is 5.90. The highest BCUT2D eigenvalue weighted by Gasteiger charge is 2.32. The van der Waals surface area contributed by atoms with Crippen LogP contribution in [0, 0.1) is 13.8 Å². The van der Waals surface area contributed by atoms with Gasteiger partial charge in [-0.15, -0.1) is 0 Å². The van der Waals surface area contributed by atoms with Crippen LogP contribution in [0.15, 0.2) is 51.9 Å². The number of nitrogens with zero attached hydrogens (tertiary/aromatic N) is 3. The average molecular weight is 639 g/mol. The maximum atomic E-state index is 13.6. The van der Waals surface area contributed by atoms with Crippen LogP contribution in [-0.4, -0.2) is 47.4 Å². The molecule has 12 heteroatoms. The zero-order chi connectivity index (χ0) is 32.9. The number of anilines is 1. The van der Waals surface area contributed by atoms with E-state index in [4.69, 9.17) is 19.0 Å². The molecule has 11 nitrogen and oxygen atoms in total. The smallest absolute Gasteiger partial charge is 0.357 e. The van der Waals surface area contributed by atoms with Crippen LogP contribution >= 0.6 is 0 Å². The van der Waals surface area contributed by atoms with Crippen molar-refractivity contribution in [2.45, 2.75) is 85.0 Å². The van der Waals surface area contributed by atoms with E-state index >= 15 is 0 Å². The van der Waals surface area contributed by atoms with Gasteiger partial charge in [-0.3, -0.25) is 4.72 Å². The number of carbonyl (C=O) groups is 1. The van der Waals surface area contributed by atoms with Gasteiger partial charge in [-0.05, 0) is 70.7 Å². The quantitative estimate of drug-likeness (QED) is 0.161. The standard InChI is InChI=1S/C33H42N4O7S/c1-8-13-28-34-30(33(6,7)39)29(32(38)43-10-3)37(28)19-23-16-17-25(24(18-23)20-42-9-2)26-14-11-12-15-27(26)45(40,41)36-31-21(4)22(5)44-35-31/h11-12,14-18,39H,8-10,13,19-20H2,1-7H3,(H,35,36). The van der Waals surface area contributed by atoms with Crippen LogP contribution < -0.4 is 4.72 Å². The van der Waals surface area contributed by atoms with Crippen molar-refractivity contribution in [3.8, 4) is 11.1 Å². The van der Waals surface area contributed by atoms with Crippen molar-refractivity contribution in [2.75, 3.05) is 17.9 Å². The van der Waals surface area contributed by atoms with Gasteiger partial charge in [0, 0.05) is 30.7 Å². The molecule has 0 aliphatic carbocycles. The van der Waals surface area contributed by atoms with E-state index in [1.165, 1.54) is 0 Å². The summed E-state index contributed by atoms with van der Waals surface area (Å²) in [7, 11) is -4.04. The fourth-order valence-electron chi connectivity index (χ4n) is 5.06. The number of sulfonamides is 1. The van der Waals surface area contributed by atoms with Gasteiger partial charge in [-0.1, -0.05) is 48.5 Å². The highest BCUT2D eigenvalue weighted by atomic mass is 32.2. The number of benzene rings is 2. The van der Waals surface area contributed by atoms with E-state index in [0.717, 1.165) is 17.5 Å². The van der Waals surface area contributed by atoms with Gasteiger partial charge in [0.1, 0.15) is 22.9 Å². The van der Waals surface area contributed by atoms with Gasteiger partial charge >= 0.3 is 5.97 Å². The minimum absolute atomic E-state index is 0.0785. The molecule has 45 heavy (non-hydrogen) atoms. The van der Waals surface area contributed by atoms with Gasteiger partial charge in [0.15, 0.2) is 11.5 Å². The number of aliphatic hydroxyl groups is 1. The molecule has 0 spiro atoms.